The summed E-state index contributed by atoms with van der Waals surface area (Å²) in [5, 5.41) is 5.88. The molecule has 0 spiro atoms. The highest BCUT2D eigenvalue weighted by Gasteiger charge is 2.36. The summed E-state index contributed by atoms with van der Waals surface area (Å²) in [4.78, 5) is 40.4. The standard InChI is InChI=1S/C29H35F2N3O4.2H2/c1-18(2)28(36)27(23-16-38-17-23)33-29(37)20-6-3-5-19(11-20)22-7-4-10-34(15-22)26(35)14-32-13-21-8-9-24(30)12-25(21)31;;/h3,5-6,8-9,11-12,18,22-23,27,32H,4,7,10,13-17H2,1-2H3,(H,33,37);2*1H/t22?,27-;;/m1../s1. The first kappa shape index (κ1) is 27.9. The van der Waals surface area contributed by atoms with Crippen molar-refractivity contribution in [3.05, 3.63) is 70.8 Å². The van der Waals surface area contributed by atoms with Gasteiger partial charge in [0.05, 0.1) is 25.8 Å². The summed E-state index contributed by atoms with van der Waals surface area (Å²) in [6, 6.07) is 10.2. The summed E-state index contributed by atoms with van der Waals surface area (Å²) in [5.41, 5.74) is 1.75. The maximum Gasteiger partial charge on any atom is 0.251 e. The topological polar surface area (TPSA) is 87.7 Å². The van der Waals surface area contributed by atoms with Gasteiger partial charge in [-0.15, -0.1) is 0 Å². The molecule has 0 aromatic heterocycles. The first-order valence-electron chi connectivity index (χ1n) is 13.2. The molecule has 2 atom stereocenters. The van der Waals surface area contributed by atoms with Gasteiger partial charge in [-0.3, -0.25) is 14.4 Å². The molecule has 2 aliphatic heterocycles. The molecule has 9 heteroatoms. The van der Waals surface area contributed by atoms with Gasteiger partial charge < -0.3 is 20.3 Å². The zero-order valence-corrected chi connectivity index (χ0v) is 21.8. The van der Waals surface area contributed by atoms with E-state index in [0.717, 1.165) is 24.5 Å². The van der Waals surface area contributed by atoms with Crippen molar-refractivity contribution in [2.45, 2.75) is 45.2 Å². The van der Waals surface area contributed by atoms with Gasteiger partial charge in [-0.25, -0.2) is 8.78 Å². The maximum atomic E-state index is 13.8. The third-order valence-electron chi connectivity index (χ3n) is 7.30. The van der Waals surface area contributed by atoms with Crippen molar-refractivity contribution in [2.24, 2.45) is 11.8 Å². The highest BCUT2D eigenvalue weighted by atomic mass is 19.1. The number of nitrogens with one attached hydrogen (secondary N) is 2. The molecule has 2 heterocycles. The van der Waals surface area contributed by atoms with E-state index in [9.17, 15) is 23.2 Å². The number of nitrogens with zero attached hydrogens (tertiary/aromatic N) is 1. The third kappa shape index (κ3) is 6.82. The maximum absolute atomic E-state index is 13.8. The fourth-order valence-corrected chi connectivity index (χ4v) is 4.94. The van der Waals surface area contributed by atoms with Crippen molar-refractivity contribution in [3.63, 3.8) is 0 Å². The molecule has 0 bridgehead atoms. The van der Waals surface area contributed by atoms with Crippen molar-refractivity contribution in [1.82, 2.24) is 15.5 Å². The quantitative estimate of drug-likeness (QED) is 0.485. The highest BCUT2D eigenvalue weighted by molar-refractivity contribution is 5.98. The number of hydrogen-bond donors (Lipinski definition) is 2. The smallest absolute Gasteiger partial charge is 0.251 e. The van der Waals surface area contributed by atoms with Crippen LogP contribution in [0.5, 0.6) is 0 Å². The number of amides is 2. The van der Waals surface area contributed by atoms with E-state index in [2.05, 4.69) is 10.6 Å². The van der Waals surface area contributed by atoms with Crippen molar-refractivity contribution < 1.29 is 30.8 Å². The van der Waals surface area contributed by atoms with Crippen LogP contribution in [0, 0.1) is 23.5 Å². The molecule has 2 amide bonds. The van der Waals surface area contributed by atoms with Crippen molar-refractivity contribution >= 4 is 17.6 Å². The number of carbonyl (C=O) groups excluding carboxylic acids is 3. The zero-order chi connectivity index (χ0) is 27.2. The lowest BCUT2D eigenvalue weighted by atomic mass is 9.88. The minimum absolute atomic E-state index is 0. The molecule has 1 unspecified atom stereocenters. The van der Waals surface area contributed by atoms with Crippen LogP contribution in [0.2, 0.25) is 0 Å². The summed E-state index contributed by atoms with van der Waals surface area (Å²) in [6.45, 7) is 5.89. The largest absolute Gasteiger partial charge is 0.380 e. The average Bonchev–Trinajstić information content (AvgIpc) is 2.88. The van der Waals surface area contributed by atoms with Crippen molar-refractivity contribution in [2.75, 3.05) is 32.8 Å². The Morgan fingerprint density at radius 2 is 1.92 bits per heavy atom. The number of halogens is 2. The Hall–Kier alpha value is -3.17. The summed E-state index contributed by atoms with van der Waals surface area (Å²) in [7, 11) is 0. The van der Waals surface area contributed by atoms with Crippen molar-refractivity contribution in [1.29, 1.82) is 0 Å². The molecular formula is C29H39F2N3O4. The molecule has 38 heavy (non-hydrogen) atoms. The summed E-state index contributed by atoms with van der Waals surface area (Å²) in [5.74, 6) is -1.80. The molecule has 2 aromatic carbocycles. The van der Waals surface area contributed by atoms with E-state index in [1.807, 2.05) is 32.0 Å². The van der Waals surface area contributed by atoms with Gasteiger partial charge in [-0.1, -0.05) is 32.0 Å². The Morgan fingerprint density at radius 1 is 1.13 bits per heavy atom. The van der Waals surface area contributed by atoms with Gasteiger partial charge in [-0.2, -0.15) is 0 Å². The normalized spacial score (nSPS) is 18.7. The minimum atomic E-state index is -0.646. The number of ether oxygens (including phenoxy) is 1. The third-order valence-corrected chi connectivity index (χ3v) is 7.30. The van der Waals surface area contributed by atoms with Crippen LogP contribution in [0.3, 0.4) is 0 Å². The number of piperidine rings is 1. The van der Waals surface area contributed by atoms with Gasteiger partial charge in [-0.05, 0) is 36.6 Å². The predicted octanol–water partition coefficient (Wildman–Crippen LogP) is 3.92. The molecule has 0 saturated carbocycles. The van der Waals surface area contributed by atoms with Gasteiger partial charge >= 0.3 is 0 Å². The lowest BCUT2D eigenvalue weighted by molar-refractivity contribution is -0.132. The number of benzene rings is 2. The van der Waals surface area contributed by atoms with Crippen LogP contribution in [0.25, 0.3) is 0 Å². The van der Waals surface area contributed by atoms with Crippen LogP contribution < -0.4 is 10.6 Å². The van der Waals surface area contributed by atoms with Gasteiger partial charge in [0.1, 0.15) is 11.6 Å². The van der Waals surface area contributed by atoms with Crippen LogP contribution in [-0.2, 0) is 20.9 Å². The van der Waals surface area contributed by atoms with E-state index in [-0.39, 0.29) is 51.3 Å². The summed E-state index contributed by atoms with van der Waals surface area (Å²) >= 11 is 0. The van der Waals surface area contributed by atoms with Gasteiger partial charge in [0.15, 0.2) is 5.78 Å². The van der Waals surface area contributed by atoms with E-state index in [4.69, 9.17) is 4.74 Å². The Bertz CT molecular complexity index is 1180. The summed E-state index contributed by atoms with van der Waals surface area (Å²) in [6.07, 6.45) is 1.71. The number of rotatable bonds is 10. The van der Waals surface area contributed by atoms with Gasteiger partial charge in [0.2, 0.25) is 5.91 Å². The SMILES string of the molecule is CC(C)C(=O)[C@H](NC(=O)c1cccc(C2CCCN(C(=O)CNCc3ccc(F)cc3F)C2)c1)C1COC1.[HH].[HH]. The van der Waals surface area contributed by atoms with E-state index < -0.39 is 17.7 Å². The fraction of sp³-hybridized carbons (Fsp3) is 0.483. The number of Topliss-reactive ketones (excluding diaryl/α,β-unsaturated/α-hetero) is 1. The van der Waals surface area contributed by atoms with Crippen LogP contribution in [-0.4, -0.2) is 61.4 Å². The lowest BCUT2D eigenvalue weighted by Crippen LogP contribution is -2.53. The van der Waals surface area contributed by atoms with E-state index in [1.165, 1.54) is 12.1 Å². The van der Waals surface area contributed by atoms with E-state index in [1.54, 1.807) is 11.0 Å². The van der Waals surface area contributed by atoms with Crippen LogP contribution >= 0.6 is 0 Å². The predicted molar refractivity (Wildman–Crippen MR) is 143 cm³/mol. The Labute approximate surface area is 224 Å². The van der Waals surface area contributed by atoms with E-state index >= 15 is 0 Å². The Balaban J connectivity index is 0.00000280. The van der Waals surface area contributed by atoms with Crippen molar-refractivity contribution in [3.8, 4) is 0 Å². The number of hydrogen-bond acceptors (Lipinski definition) is 5. The molecular weight excluding hydrogens is 492 g/mol. The second-order valence-electron chi connectivity index (χ2n) is 10.4. The molecule has 2 saturated heterocycles. The lowest BCUT2D eigenvalue weighted by Gasteiger charge is -2.34. The minimum Gasteiger partial charge on any atom is -0.380 e. The molecule has 2 aromatic rings. The van der Waals surface area contributed by atoms with Crippen LogP contribution in [0.4, 0.5) is 8.78 Å². The molecule has 208 valence electrons. The monoisotopic (exact) mass is 531 g/mol. The molecule has 0 aliphatic carbocycles. The molecule has 2 fully saturated rings. The van der Waals surface area contributed by atoms with E-state index in [0.29, 0.717) is 37.4 Å². The molecule has 0 radical (unpaired) electrons. The molecule has 2 aliphatic rings. The number of likely N-dealkylation sites (tertiary alicyclic amines) is 1. The van der Waals surface area contributed by atoms with Crippen LogP contribution in [0.1, 0.15) is 56.9 Å². The number of carbonyl (C=O) groups is 3. The number of ketones is 1. The molecule has 2 N–H and O–H groups in total. The molecule has 4 rings (SSSR count). The first-order valence-corrected chi connectivity index (χ1v) is 13.2. The second kappa shape index (κ2) is 12.6. The Kier molecular flexibility index (Phi) is 9.22. The fourth-order valence-electron chi connectivity index (χ4n) is 4.94. The van der Waals surface area contributed by atoms with Gasteiger partial charge in [0.25, 0.3) is 5.91 Å². The zero-order valence-electron chi connectivity index (χ0n) is 21.8. The summed E-state index contributed by atoms with van der Waals surface area (Å²) < 4.78 is 32.2. The van der Waals surface area contributed by atoms with Gasteiger partial charge in [0, 0.05) is 57.4 Å². The highest BCUT2D eigenvalue weighted by Crippen LogP contribution is 2.28. The second-order valence-corrected chi connectivity index (χ2v) is 10.4. The average molecular weight is 532 g/mol. The molecule has 7 nitrogen and oxygen atoms in total. The van der Waals surface area contributed by atoms with Crippen LogP contribution in [0.15, 0.2) is 42.5 Å². The first-order chi connectivity index (χ1) is 18.2. The Morgan fingerprint density at radius 3 is 2.61 bits per heavy atom.